The van der Waals surface area contributed by atoms with E-state index < -0.39 is 0 Å². The molecule has 1 aromatic carbocycles. The maximum Gasteiger partial charge on any atom is 0.410 e. The van der Waals surface area contributed by atoms with Crippen molar-refractivity contribution in [1.29, 1.82) is 0 Å². The first-order valence-electron chi connectivity index (χ1n) is 10.1. The first kappa shape index (κ1) is 20.7. The van der Waals surface area contributed by atoms with Crippen molar-refractivity contribution in [3.63, 3.8) is 0 Å². The van der Waals surface area contributed by atoms with E-state index in [1.807, 2.05) is 30.3 Å². The van der Waals surface area contributed by atoms with E-state index in [4.69, 9.17) is 9.47 Å². The number of amides is 1. The number of nitrogens with zero attached hydrogens (tertiary/aromatic N) is 1. The summed E-state index contributed by atoms with van der Waals surface area (Å²) in [5, 5.41) is 3.46. The third kappa shape index (κ3) is 8.19. The van der Waals surface area contributed by atoms with Crippen LogP contribution in [0.4, 0.5) is 4.79 Å². The molecule has 0 spiro atoms. The van der Waals surface area contributed by atoms with Crippen molar-refractivity contribution in [3.8, 4) is 0 Å². The number of unbranched alkanes of at least 4 members (excludes halogenated alkanes) is 5. The van der Waals surface area contributed by atoms with E-state index in [0.717, 1.165) is 18.7 Å². The van der Waals surface area contributed by atoms with Gasteiger partial charge in [-0.25, -0.2) is 4.79 Å². The van der Waals surface area contributed by atoms with Crippen molar-refractivity contribution < 1.29 is 14.3 Å². The highest BCUT2D eigenvalue weighted by Gasteiger charge is 2.24. The second kappa shape index (κ2) is 12.7. The fourth-order valence-electron chi connectivity index (χ4n) is 3.11. The van der Waals surface area contributed by atoms with Gasteiger partial charge in [-0.15, -0.1) is 0 Å². The molecular formula is C21H34N2O3. The van der Waals surface area contributed by atoms with Gasteiger partial charge in [-0.1, -0.05) is 69.4 Å². The van der Waals surface area contributed by atoms with Gasteiger partial charge in [-0.05, 0) is 18.5 Å². The van der Waals surface area contributed by atoms with E-state index in [0.29, 0.717) is 26.3 Å². The third-order valence-electron chi connectivity index (χ3n) is 4.68. The monoisotopic (exact) mass is 362 g/mol. The molecule has 1 amide bonds. The van der Waals surface area contributed by atoms with E-state index in [1.54, 1.807) is 4.90 Å². The molecule has 26 heavy (non-hydrogen) atoms. The zero-order valence-electron chi connectivity index (χ0n) is 16.1. The molecule has 1 aliphatic heterocycles. The molecule has 0 saturated carbocycles. The summed E-state index contributed by atoms with van der Waals surface area (Å²) in [6, 6.07) is 9.77. The molecule has 146 valence electrons. The van der Waals surface area contributed by atoms with Crippen LogP contribution in [-0.2, 0) is 16.1 Å². The van der Waals surface area contributed by atoms with Crippen LogP contribution in [-0.4, -0.2) is 49.9 Å². The lowest BCUT2D eigenvalue weighted by molar-refractivity contribution is -0.0269. The van der Waals surface area contributed by atoms with Crippen LogP contribution in [0.5, 0.6) is 0 Å². The highest BCUT2D eigenvalue weighted by molar-refractivity contribution is 5.67. The molecule has 5 heteroatoms. The van der Waals surface area contributed by atoms with Gasteiger partial charge in [-0.2, -0.15) is 0 Å². The van der Waals surface area contributed by atoms with Crippen molar-refractivity contribution in [2.75, 3.05) is 32.8 Å². The maximum atomic E-state index is 12.2. The molecule has 2 rings (SSSR count). The molecule has 1 unspecified atom stereocenters. The summed E-state index contributed by atoms with van der Waals surface area (Å²) in [5.74, 6) is 0. The van der Waals surface area contributed by atoms with Crippen molar-refractivity contribution >= 4 is 6.09 Å². The Hall–Kier alpha value is -1.59. The third-order valence-corrected chi connectivity index (χ3v) is 4.68. The molecule has 1 aliphatic rings. The van der Waals surface area contributed by atoms with Crippen LogP contribution in [0.25, 0.3) is 0 Å². The predicted molar refractivity (Wildman–Crippen MR) is 104 cm³/mol. The summed E-state index contributed by atoms with van der Waals surface area (Å²) in [6.07, 6.45) is 7.61. The second-order valence-electron chi connectivity index (χ2n) is 6.95. The minimum Gasteiger partial charge on any atom is -0.445 e. The minimum atomic E-state index is -0.252. The Morgan fingerprint density at radius 1 is 1.19 bits per heavy atom. The first-order chi connectivity index (χ1) is 12.8. The van der Waals surface area contributed by atoms with Crippen LogP contribution in [0.1, 0.15) is 51.0 Å². The Balaban J connectivity index is 1.57. The van der Waals surface area contributed by atoms with E-state index >= 15 is 0 Å². The molecule has 0 aliphatic carbocycles. The van der Waals surface area contributed by atoms with Crippen molar-refractivity contribution in [2.24, 2.45) is 0 Å². The highest BCUT2D eigenvalue weighted by atomic mass is 16.6. The Kier molecular flexibility index (Phi) is 10.1. The first-order valence-corrected chi connectivity index (χ1v) is 10.1. The van der Waals surface area contributed by atoms with Gasteiger partial charge in [-0.3, -0.25) is 0 Å². The van der Waals surface area contributed by atoms with E-state index in [9.17, 15) is 4.79 Å². The molecule has 1 aromatic rings. The van der Waals surface area contributed by atoms with E-state index in [-0.39, 0.29) is 12.2 Å². The van der Waals surface area contributed by atoms with Crippen molar-refractivity contribution in [3.05, 3.63) is 35.9 Å². The normalized spacial score (nSPS) is 17.3. The van der Waals surface area contributed by atoms with Gasteiger partial charge in [0, 0.05) is 13.1 Å². The number of morpholine rings is 1. The van der Waals surface area contributed by atoms with Crippen LogP contribution in [0.2, 0.25) is 0 Å². The number of carbonyl (C=O) groups is 1. The van der Waals surface area contributed by atoms with Crippen LogP contribution in [0, 0.1) is 0 Å². The van der Waals surface area contributed by atoms with Gasteiger partial charge in [0.15, 0.2) is 0 Å². The molecule has 0 bridgehead atoms. The summed E-state index contributed by atoms with van der Waals surface area (Å²) in [4.78, 5) is 14.0. The number of nitrogens with one attached hydrogen (secondary N) is 1. The minimum absolute atomic E-state index is 0.0492. The molecule has 1 atom stereocenters. The average Bonchev–Trinajstić information content (AvgIpc) is 2.69. The Morgan fingerprint density at radius 3 is 2.77 bits per heavy atom. The number of rotatable bonds is 11. The van der Waals surface area contributed by atoms with Crippen LogP contribution in [0.3, 0.4) is 0 Å². The molecule has 0 radical (unpaired) electrons. The number of benzene rings is 1. The molecule has 1 fully saturated rings. The topological polar surface area (TPSA) is 50.8 Å². The zero-order chi connectivity index (χ0) is 18.5. The molecule has 0 aromatic heterocycles. The summed E-state index contributed by atoms with van der Waals surface area (Å²) < 4.78 is 11.2. The Labute approximate surface area is 158 Å². The number of ether oxygens (including phenoxy) is 2. The molecule has 1 heterocycles. The smallest absolute Gasteiger partial charge is 0.410 e. The lowest BCUT2D eigenvalue weighted by Crippen LogP contribution is -2.49. The van der Waals surface area contributed by atoms with E-state index in [2.05, 4.69) is 12.2 Å². The fourth-order valence-corrected chi connectivity index (χ4v) is 3.11. The van der Waals surface area contributed by atoms with Crippen molar-refractivity contribution in [1.82, 2.24) is 10.2 Å². The largest absolute Gasteiger partial charge is 0.445 e. The zero-order valence-corrected chi connectivity index (χ0v) is 16.1. The lowest BCUT2D eigenvalue weighted by atomic mass is 10.1. The van der Waals surface area contributed by atoms with Gasteiger partial charge < -0.3 is 19.7 Å². The number of carbonyl (C=O) groups excluding carboxylic acids is 1. The maximum absolute atomic E-state index is 12.2. The summed E-state index contributed by atoms with van der Waals surface area (Å²) >= 11 is 0. The van der Waals surface area contributed by atoms with Crippen LogP contribution < -0.4 is 5.32 Å². The van der Waals surface area contributed by atoms with Gasteiger partial charge in [0.1, 0.15) is 6.61 Å². The summed E-state index contributed by atoms with van der Waals surface area (Å²) in [6.45, 7) is 6.13. The molecular weight excluding hydrogens is 328 g/mol. The number of hydrogen-bond acceptors (Lipinski definition) is 4. The van der Waals surface area contributed by atoms with Crippen LogP contribution >= 0.6 is 0 Å². The summed E-state index contributed by atoms with van der Waals surface area (Å²) in [5.41, 5.74) is 1.01. The molecule has 1 N–H and O–H groups in total. The van der Waals surface area contributed by atoms with Gasteiger partial charge in [0.25, 0.3) is 0 Å². The SMILES string of the molecule is CCCCCCCCNCC1CN(C(=O)OCc2ccccc2)CCO1. The van der Waals surface area contributed by atoms with Gasteiger partial charge >= 0.3 is 6.09 Å². The lowest BCUT2D eigenvalue weighted by Gasteiger charge is -2.32. The van der Waals surface area contributed by atoms with Gasteiger partial charge in [0.05, 0.1) is 19.3 Å². The Bertz CT molecular complexity index is 495. The summed E-state index contributed by atoms with van der Waals surface area (Å²) in [7, 11) is 0. The fraction of sp³-hybridized carbons (Fsp3) is 0.667. The number of hydrogen-bond donors (Lipinski definition) is 1. The highest BCUT2D eigenvalue weighted by Crippen LogP contribution is 2.09. The molecule has 5 nitrogen and oxygen atoms in total. The van der Waals surface area contributed by atoms with Crippen LogP contribution in [0.15, 0.2) is 30.3 Å². The second-order valence-corrected chi connectivity index (χ2v) is 6.95. The quantitative estimate of drug-likeness (QED) is 0.605. The Morgan fingerprint density at radius 2 is 1.96 bits per heavy atom. The standard InChI is InChI=1S/C21H34N2O3/c1-2-3-4-5-6-10-13-22-16-20-17-23(14-15-25-20)21(24)26-18-19-11-8-7-9-12-19/h7-9,11-12,20,22H,2-6,10,13-18H2,1H3. The average molecular weight is 363 g/mol. The molecule has 1 saturated heterocycles. The van der Waals surface area contributed by atoms with Gasteiger partial charge in [0.2, 0.25) is 0 Å². The van der Waals surface area contributed by atoms with E-state index in [1.165, 1.54) is 38.5 Å². The van der Waals surface area contributed by atoms with Crippen molar-refractivity contribution in [2.45, 2.75) is 58.2 Å². The predicted octanol–water partition coefficient (Wildman–Crippen LogP) is 3.97.